The predicted molar refractivity (Wildman–Crippen MR) is 99.5 cm³/mol. The van der Waals surface area contributed by atoms with E-state index in [0.717, 1.165) is 24.0 Å². The van der Waals surface area contributed by atoms with Gasteiger partial charge in [-0.05, 0) is 30.5 Å². The van der Waals surface area contributed by atoms with Crippen molar-refractivity contribution in [2.45, 2.75) is 25.4 Å². The molecule has 1 aliphatic rings. The summed E-state index contributed by atoms with van der Waals surface area (Å²) in [5.74, 6) is 1.00. The van der Waals surface area contributed by atoms with Gasteiger partial charge in [0.1, 0.15) is 11.5 Å². The molecule has 0 atom stereocenters. The molecule has 3 aromatic rings. The van der Waals surface area contributed by atoms with Crippen molar-refractivity contribution in [1.29, 1.82) is 0 Å². The van der Waals surface area contributed by atoms with E-state index in [1.165, 1.54) is 0 Å². The van der Waals surface area contributed by atoms with Crippen molar-refractivity contribution in [2.24, 2.45) is 0 Å². The van der Waals surface area contributed by atoms with Crippen molar-refractivity contribution in [3.05, 3.63) is 72.2 Å². The van der Waals surface area contributed by atoms with Gasteiger partial charge in [0.2, 0.25) is 0 Å². The fourth-order valence-electron chi connectivity index (χ4n) is 2.55. The van der Waals surface area contributed by atoms with Crippen LogP contribution in [0, 0.1) is 0 Å². The Morgan fingerprint density at radius 2 is 1.81 bits per heavy atom. The fourth-order valence-corrected chi connectivity index (χ4v) is 2.55. The molecule has 6 nitrogen and oxygen atoms in total. The van der Waals surface area contributed by atoms with Crippen LogP contribution < -0.4 is 10.6 Å². The summed E-state index contributed by atoms with van der Waals surface area (Å²) in [7, 11) is 0. The maximum absolute atomic E-state index is 12.5. The number of carbonyl (C=O) groups excluding carboxylic acids is 1. The van der Waals surface area contributed by atoms with E-state index in [-0.39, 0.29) is 11.9 Å². The number of carbonyl (C=O) groups is 1. The van der Waals surface area contributed by atoms with Crippen molar-refractivity contribution in [2.75, 3.05) is 5.32 Å². The normalized spacial score (nSPS) is 13.2. The molecule has 2 heterocycles. The van der Waals surface area contributed by atoms with E-state index in [4.69, 9.17) is 0 Å². The molecule has 2 aromatic heterocycles. The summed E-state index contributed by atoms with van der Waals surface area (Å²) in [4.78, 5) is 25.5. The van der Waals surface area contributed by atoms with E-state index in [1.807, 2.05) is 42.5 Å². The van der Waals surface area contributed by atoms with Crippen molar-refractivity contribution in [3.8, 4) is 11.4 Å². The van der Waals surface area contributed by atoms with Gasteiger partial charge in [-0.25, -0.2) is 9.97 Å². The van der Waals surface area contributed by atoms with Gasteiger partial charge in [0, 0.05) is 36.6 Å². The standard InChI is InChI=1S/C20H19N5O/c26-20(23-16-6-7-16)17-12-18(22-13-14-8-10-21-11-9-14)25-19(24-17)15-4-2-1-3-5-15/h1-5,8-12,16H,6-7,13H2,(H,23,26)(H,22,24,25). The van der Waals surface area contributed by atoms with Crippen LogP contribution in [-0.2, 0) is 6.54 Å². The molecule has 0 unspecified atom stereocenters. The van der Waals surface area contributed by atoms with Gasteiger partial charge >= 0.3 is 0 Å². The molecule has 130 valence electrons. The molecule has 1 fully saturated rings. The second-order valence-electron chi connectivity index (χ2n) is 6.28. The Bertz CT molecular complexity index is 895. The van der Waals surface area contributed by atoms with Crippen LogP contribution in [-0.4, -0.2) is 26.9 Å². The van der Waals surface area contributed by atoms with E-state index < -0.39 is 0 Å². The Balaban J connectivity index is 1.62. The zero-order valence-electron chi connectivity index (χ0n) is 14.2. The summed E-state index contributed by atoms with van der Waals surface area (Å²) in [6, 6.07) is 15.5. The average molecular weight is 345 g/mol. The number of rotatable bonds is 6. The molecule has 2 N–H and O–H groups in total. The molecule has 26 heavy (non-hydrogen) atoms. The summed E-state index contributed by atoms with van der Waals surface area (Å²) in [5, 5.41) is 6.26. The highest BCUT2D eigenvalue weighted by Gasteiger charge is 2.25. The number of hydrogen-bond donors (Lipinski definition) is 2. The van der Waals surface area contributed by atoms with Crippen molar-refractivity contribution < 1.29 is 4.79 Å². The minimum Gasteiger partial charge on any atom is -0.366 e. The molecule has 4 rings (SSSR count). The van der Waals surface area contributed by atoms with Crippen molar-refractivity contribution in [3.63, 3.8) is 0 Å². The van der Waals surface area contributed by atoms with Gasteiger partial charge in [0.05, 0.1) is 0 Å². The molecular weight excluding hydrogens is 326 g/mol. The lowest BCUT2D eigenvalue weighted by Gasteiger charge is -2.10. The quantitative estimate of drug-likeness (QED) is 0.718. The summed E-state index contributed by atoms with van der Waals surface area (Å²) < 4.78 is 0. The monoisotopic (exact) mass is 345 g/mol. The van der Waals surface area contributed by atoms with Crippen molar-refractivity contribution in [1.82, 2.24) is 20.3 Å². The maximum Gasteiger partial charge on any atom is 0.270 e. The molecule has 0 radical (unpaired) electrons. The van der Waals surface area contributed by atoms with Crippen LogP contribution in [0.2, 0.25) is 0 Å². The molecule has 1 aliphatic carbocycles. The topological polar surface area (TPSA) is 79.8 Å². The highest BCUT2D eigenvalue weighted by Crippen LogP contribution is 2.21. The molecule has 1 amide bonds. The zero-order valence-corrected chi connectivity index (χ0v) is 14.2. The van der Waals surface area contributed by atoms with Gasteiger partial charge in [-0.3, -0.25) is 9.78 Å². The Hall–Kier alpha value is -3.28. The van der Waals surface area contributed by atoms with E-state index in [9.17, 15) is 4.79 Å². The summed E-state index contributed by atoms with van der Waals surface area (Å²) in [6.45, 7) is 0.595. The van der Waals surface area contributed by atoms with Crippen LogP contribution in [0.1, 0.15) is 28.9 Å². The zero-order chi connectivity index (χ0) is 17.8. The summed E-state index contributed by atoms with van der Waals surface area (Å²) in [6.07, 6.45) is 5.58. The lowest BCUT2D eigenvalue weighted by molar-refractivity contribution is 0.0946. The molecule has 0 bridgehead atoms. The van der Waals surface area contributed by atoms with Gasteiger partial charge in [-0.1, -0.05) is 30.3 Å². The number of nitrogens with one attached hydrogen (secondary N) is 2. The van der Waals surface area contributed by atoms with Gasteiger partial charge in [0.25, 0.3) is 5.91 Å². The lowest BCUT2D eigenvalue weighted by Crippen LogP contribution is -2.26. The van der Waals surface area contributed by atoms with E-state index >= 15 is 0 Å². The first-order chi connectivity index (χ1) is 12.8. The van der Waals surface area contributed by atoms with Gasteiger partial charge < -0.3 is 10.6 Å². The number of hydrogen-bond acceptors (Lipinski definition) is 5. The van der Waals surface area contributed by atoms with Gasteiger partial charge in [0.15, 0.2) is 5.82 Å². The molecule has 1 saturated carbocycles. The van der Waals surface area contributed by atoms with Crippen LogP contribution in [0.25, 0.3) is 11.4 Å². The number of anilines is 1. The van der Waals surface area contributed by atoms with Crippen LogP contribution in [0.4, 0.5) is 5.82 Å². The van der Waals surface area contributed by atoms with Crippen molar-refractivity contribution >= 4 is 11.7 Å². The third kappa shape index (κ3) is 4.03. The lowest BCUT2D eigenvalue weighted by atomic mass is 10.2. The number of nitrogens with zero attached hydrogens (tertiary/aromatic N) is 3. The average Bonchev–Trinajstić information content (AvgIpc) is 3.51. The number of benzene rings is 1. The van der Waals surface area contributed by atoms with E-state index in [1.54, 1.807) is 18.5 Å². The smallest absolute Gasteiger partial charge is 0.270 e. The second-order valence-corrected chi connectivity index (χ2v) is 6.28. The Morgan fingerprint density at radius 3 is 2.54 bits per heavy atom. The summed E-state index contributed by atoms with van der Waals surface area (Å²) >= 11 is 0. The predicted octanol–water partition coefficient (Wildman–Crippen LogP) is 3.04. The number of pyridine rings is 1. The Kier molecular flexibility index (Phi) is 4.55. The summed E-state index contributed by atoms with van der Waals surface area (Å²) in [5.41, 5.74) is 2.34. The molecule has 0 aliphatic heterocycles. The molecule has 6 heteroatoms. The Morgan fingerprint density at radius 1 is 1.04 bits per heavy atom. The second kappa shape index (κ2) is 7.31. The largest absolute Gasteiger partial charge is 0.366 e. The highest BCUT2D eigenvalue weighted by molar-refractivity contribution is 5.93. The minimum atomic E-state index is -0.154. The highest BCUT2D eigenvalue weighted by atomic mass is 16.2. The third-order valence-electron chi connectivity index (χ3n) is 4.13. The first-order valence-electron chi connectivity index (χ1n) is 8.66. The third-order valence-corrected chi connectivity index (χ3v) is 4.13. The number of amides is 1. The van der Waals surface area contributed by atoms with E-state index in [2.05, 4.69) is 25.6 Å². The molecule has 0 spiro atoms. The molecule has 0 saturated heterocycles. The van der Waals surface area contributed by atoms with Gasteiger partial charge in [-0.2, -0.15) is 0 Å². The maximum atomic E-state index is 12.5. The first-order valence-corrected chi connectivity index (χ1v) is 8.66. The molecule has 1 aromatic carbocycles. The first kappa shape index (κ1) is 16.2. The fraction of sp³-hybridized carbons (Fsp3) is 0.200. The van der Waals surface area contributed by atoms with Crippen LogP contribution in [0.3, 0.4) is 0 Å². The Labute approximate surface area is 151 Å². The SMILES string of the molecule is O=C(NC1CC1)c1cc(NCc2ccncc2)nc(-c2ccccc2)n1. The van der Waals surface area contributed by atoms with Crippen LogP contribution >= 0.6 is 0 Å². The van der Waals surface area contributed by atoms with Crippen LogP contribution in [0.15, 0.2) is 60.9 Å². The minimum absolute atomic E-state index is 0.154. The van der Waals surface area contributed by atoms with Crippen LogP contribution in [0.5, 0.6) is 0 Å². The van der Waals surface area contributed by atoms with E-state index in [0.29, 0.717) is 23.9 Å². The molecular formula is C20H19N5O. The number of aromatic nitrogens is 3. The van der Waals surface area contributed by atoms with Gasteiger partial charge in [-0.15, -0.1) is 0 Å².